The summed E-state index contributed by atoms with van der Waals surface area (Å²) >= 11 is 1.26. The number of carbonyl (C=O) groups excluding carboxylic acids is 1. The van der Waals surface area contributed by atoms with E-state index in [-0.39, 0.29) is 11.5 Å². The van der Waals surface area contributed by atoms with Gasteiger partial charge in [-0.2, -0.15) is 9.50 Å². The van der Waals surface area contributed by atoms with Gasteiger partial charge in [-0.15, -0.1) is 5.10 Å². The minimum Gasteiger partial charge on any atom is -0.490 e. The first-order chi connectivity index (χ1) is 14.5. The average Bonchev–Trinajstić information content (AvgIpc) is 3.27. The molecule has 0 N–H and O–H groups in total. The Kier molecular flexibility index (Phi) is 5.40. The van der Waals surface area contributed by atoms with E-state index in [0.29, 0.717) is 27.7 Å². The van der Waals surface area contributed by atoms with Crippen molar-refractivity contribution in [3.63, 3.8) is 0 Å². The highest BCUT2D eigenvalue weighted by molar-refractivity contribution is 7.15. The van der Waals surface area contributed by atoms with Crippen molar-refractivity contribution >= 4 is 28.3 Å². The van der Waals surface area contributed by atoms with Gasteiger partial charge in [-0.1, -0.05) is 36.1 Å². The molecular formula is C22H17N3O4S. The third kappa shape index (κ3) is 4.13. The highest BCUT2D eigenvalue weighted by atomic mass is 32.1. The number of rotatable bonds is 6. The number of nitrogens with zero attached hydrogens (tertiary/aromatic N) is 3. The van der Waals surface area contributed by atoms with E-state index in [9.17, 15) is 9.59 Å². The quantitative estimate of drug-likeness (QED) is 0.272. The van der Waals surface area contributed by atoms with Crippen molar-refractivity contribution in [1.82, 2.24) is 14.6 Å². The summed E-state index contributed by atoms with van der Waals surface area (Å²) in [6.07, 6.45) is 3.43. The van der Waals surface area contributed by atoms with Crippen LogP contribution in [0.25, 0.3) is 22.4 Å². The van der Waals surface area contributed by atoms with Crippen LogP contribution in [0.3, 0.4) is 0 Å². The van der Waals surface area contributed by atoms with Crippen molar-refractivity contribution < 1.29 is 14.3 Å². The molecule has 0 unspecified atom stereocenters. The van der Waals surface area contributed by atoms with Gasteiger partial charge in [0.2, 0.25) is 4.96 Å². The van der Waals surface area contributed by atoms with E-state index in [1.54, 1.807) is 36.4 Å². The molecule has 0 saturated heterocycles. The van der Waals surface area contributed by atoms with Gasteiger partial charge in [0.05, 0.1) is 4.53 Å². The Morgan fingerprint density at radius 1 is 1.13 bits per heavy atom. The standard InChI is InChI=1S/C22H17N3O4S/c1-3-12-28-17-10-6-16(7-11-17)20-23-22-25(24-20)21(27)19(30-22)13-15-4-8-18(9-5-15)29-14(2)26/h3-11,13H,1,12H2,2H3/b19-13-. The second-order valence-electron chi connectivity index (χ2n) is 6.33. The molecule has 0 aliphatic rings. The molecule has 150 valence electrons. The Labute approximate surface area is 175 Å². The summed E-state index contributed by atoms with van der Waals surface area (Å²) in [5, 5.41) is 4.35. The molecule has 0 fully saturated rings. The van der Waals surface area contributed by atoms with Gasteiger partial charge in [-0.3, -0.25) is 9.59 Å². The van der Waals surface area contributed by atoms with Gasteiger partial charge in [0.1, 0.15) is 18.1 Å². The smallest absolute Gasteiger partial charge is 0.308 e. The van der Waals surface area contributed by atoms with Gasteiger partial charge in [-0.25, -0.2) is 0 Å². The molecule has 7 nitrogen and oxygen atoms in total. The van der Waals surface area contributed by atoms with Crippen LogP contribution in [-0.4, -0.2) is 27.2 Å². The number of thiazole rings is 1. The third-order valence-electron chi connectivity index (χ3n) is 4.10. The fourth-order valence-corrected chi connectivity index (χ4v) is 3.67. The number of ether oxygens (including phenoxy) is 2. The summed E-state index contributed by atoms with van der Waals surface area (Å²) in [4.78, 5) is 28.7. The molecule has 0 amide bonds. The maximum absolute atomic E-state index is 12.7. The highest BCUT2D eigenvalue weighted by Gasteiger charge is 2.12. The van der Waals surface area contributed by atoms with Crippen LogP contribution in [0.1, 0.15) is 12.5 Å². The number of benzene rings is 2. The largest absolute Gasteiger partial charge is 0.490 e. The highest BCUT2D eigenvalue weighted by Crippen LogP contribution is 2.20. The van der Waals surface area contributed by atoms with Crippen molar-refractivity contribution in [3.05, 3.63) is 81.6 Å². The molecular weight excluding hydrogens is 402 g/mol. The molecule has 0 radical (unpaired) electrons. The van der Waals surface area contributed by atoms with Gasteiger partial charge in [0.25, 0.3) is 5.56 Å². The first-order valence-electron chi connectivity index (χ1n) is 9.07. The molecule has 0 aliphatic carbocycles. The van der Waals surface area contributed by atoms with Crippen LogP contribution >= 0.6 is 11.3 Å². The maximum atomic E-state index is 12.7. The first-order valence-corrected chi connectivity index (χ1v) is 9.89. The normalized spacial score (nSPS) is 11.6. The molecule has 2 aromatic heterocycles. The second-order valence-corrected chi connectivity index (χ2v) is 7.34. The van der Waals surface area contributed by atoms with E-state index in [4.69, 9.17) is 9.47 Å². The van der Waals surface area contributed by atoms with Crippen molar-refractivity contribution in [1.29, 1.82) is 0 Å². The van der Waals surface area contributed by atoms with E-state index in [0.717, 1.165) is 16.9 Å². The molecule has 0 atom stereocenters. The fraction of sp³-hybridized carbons (Fsp3) is 0.0909. The van der Waals surface area contributed by atoms with Crippen LogP contribution < -0.4 is 19.6 Å². The lowest BCUT2D eigenvalue weighted by molar-refractivity contribution is -0.131. The third-order valence-corrected chi connectivity index (χ3v) is 5.06. The van der Waals surface area contributed by atoms with Gasteiger partial charge >= 0.3 is 5.97 Å². The first kappa shape index (κ1) is 19.5. The zero-order valence-corrected chi connectivity index (χ0v) is 16.9. The zero-order chi connectivity index (χ0) is 21.1. The van der Waals surface area contributed by atoms with Crippen LogP contribution in [0.2, 0.25) is 0 Å². The number of carbonyl (C=O) groups is 1. The topological polar surface area (TPSA) is 82.8 Å². The summed E-state index contributed by atoms with van der Waals surface area (Å²) in [7, 11) is 0. The summed E-state index contributed by atoms with van der Waals surface area (Å²) in [6.45, 7) is 5.40. The fourth-order valence-electron chi connectivity index (χ4n) is 2.76. The van der Waals surface area contributed by atoms with Gasteiger partial charge in [0, 0.05) is 12.5 Å². The second kappa shape index (κ2) is 8.30. The lowest BCUT2D eigenvalue weighted by Gasteiger charge is -2.02. The van der Waals surface area contributed by atoms with Crippen LogP contribution in [-0.2, 0) is 4.79 Å². The monoisotopic (exact) mass is 419 g/mol. The summed E-state index contributed by atoms with van der Waals surface area (Å²) in [5.41, 5.74) is 1.37. The summed E-state index contributed by atoms with van der Waals surface area (Å²) in [6, 6.07) is 14.2. The van der Waals surface area contributed by atoms with E-state index < -0.39 is 0 Å². The lowest BCUT2D eigenvalue weighted by atomic mass is 10.2. The van der Waals surface area contributed by atoms with E-state index >= 15 is 0 Å². The van der Waals surface area contributed by atoms with Crippen molar-refractivity contribution in [2.45, 2.75) is 6.92 Å². The molecule has 2 heterocycles. The van der Waals surface area contributed by atoms with Crippen LogP contribution in [0.15, 0.2) is 66.0 Å². The van der Waals surface area contributed by atoms with Crippen LogP contribution in [0.5, 0.6) is 11.5 Å². The predicted molar refractivity (Wildman–Crippen MR) is 115 cm³/mol. The average molecular weight is 419 g/mol. The summed E-state index contributed by atoms with van der Waals surface area (Å²) in [5.74, 6) is 1.27. The van der Waals surface area contributed by atoms with E-state index in [1.165, 1.54) is 22.8 Å². The number of hydrogen-bond acceptors (Lipinski definition) is 7. The Hall–Kier alpha value is -3.78. The van der Waals surface area contributed by atoms with Crippen molar-refractivity contribution in [2.24, 2.45) is 0 Å². The van der Waals surface area contributed by atoms with Crippen molar-refractivity contribution in [2.75, 3.05) is 6.61 Å². The zero-order valence-electron chi connectivity index (χ0n) is 16.1. The number of esters is 1. The van der Waals surface area contributed by atoms with Crippen molar-refractivity contribution in [3.8, 4) is 22.9 Å². The Morgan fingerprint density at radius 2 is 1.83 bits per heavy atom. The molecule has 0 saturated carbocycles. The molecule has 0 spiro atoms. The molecule has 2 aromatic carbocycles. The molecule has 8 heteroatoms. The number of fused-ring (bicyclic) bond motifs is 1. The Morgan fingerprint density at radius 3 is 2.47 bits per heavy atom. The lowest BCUT2D eigenvalue weighted by Crippen LogP contribution is -2.23. The predicted octanol–water partition coefficient (Wildman–Crippen LogP) is 2.86. The Balaban J connectivity index is 1.60. The van der Waals surface area contributed by atoms with Crippen LogP contribution in [0, 0.1) is 0 Å². The van der Waals surface area contributed by atoms with Gasteiger partial charge < -0.3 is 9.47 Å². The minimum absolute atomic E-state index is 0.233. The van der Waals surface area contributed by atoms with Crippen LogP contribution in [0.4, 0.5) is 0 Å². The Bertz CT molecular complexity index is 1320. The minimum atomic E-state index is -0.381. The molecule has 0 aliphatic heterocycles. The summed E-state index contributed by atoms with van der Waals surface area (Å²) < 4.78 is 12.3. The molecule has 4 aromatic rings. The van der Waals surface area contributed by atoms with E-state index in [2.05, 4.69) is 16.7 Å². The van der Waals surface area contributed by atoms with Gasteiger partial charge in [0.15, 0.2) is 5.82 Å². The van der Waals surface area contributed by atoms with E-state index in [1.807, 2.05) is 24.3 Å². The molecule has 30 heavy (non-hydrogen) atoms. The molecule has 0 bridgehead atoms. The number of aromatic nitrogens is 3. The molecule has 4 rings (SSSR count). The SMILES string of the molecule is C=CCOc1ccc(-c2nc3s/c(=C\c4ccc(OC(C)=O)cc4)c(=O)n3n2)cc1. The van der Waals surface area contributed by atoms with Gasteiger partial charge in [-0.05, 0) is 48.0 Å². The maximum Gasteiger partial charge on any atom is 0.308 e. The number of hydrogen-bond donors (Lipinski definition) is 0.